The third kappa shape index (κ3) is 1.55. The van der Waals surface area contributed by atoms with Crippen LogP contribution in [0.25, 0.3) is 11.1 Å². The van der Waals surface area contributed by atoms with E-state index < -0.39 is 0 Å². The van der Waals surface area contributed by atoms with Crippen LogP contribution in [0.5, 0.6) is 0 Å². The Morgan fingerprint density at radius 3 is 2.77 bits per heavy atom. The van der Waals surface area contributed by atoms with Crippen molar-refractivity contribution in [1.82, 2.24) is 5.16 Å². The molecule has 66 valence electrons. The van der Waals surface area contributed by atoms with Crippen molar-refractivity contribution >= 4 is 23.2 Å². The average Bonchev–Trinajstić information content (AvgIpc) is 2.62. The molecule has 0 radical (unpaired) electrons. The van der Waals surface area contributed by atoms with Crippen molar-refractivity contribution in [3.63, 3.8) is 0 Å². The molecule has 0 aliphatic carbocycles. The van der Waals surface area contributed by atoms with E-state index >= 15 is 0 Å². The molecule has 0 aliphatic heterocycles. The normalized spacial score (nSPS) is 10.3. The second-order valence-electron chi connectivity index (χ2n) is 2.51. The van der Waals surface area contributed by atoms with Crippen molar-refractivity contribution in [2.24, 2.45) is 0 Å². The standard InChI is InChI=1S/C9H5Cl2NO/c10-8-3-1-2-7(9(8)11)6-4-12-13-5-6/h1-5H. The van der Waals surface area contributed by atoms with Crippen LogP contribution >= 0.6 is 23.2 Å². The van der Waals surface area contributed by atoms with Crippen LogP contribution in [0.2, 0.25) is 10.0 Å². The summed E-state index contributed by atoms with van der Waals surface area (Å²) in [6.45, 7) is 0. The van der Waals surface area contributed by atoms with Crippen LogP contribution in [0, 0.1) is 0 Å². The first-order valence-corrected chi connectivity index (χ1v) is 4.38. The van der Waals surface area contributed by atoms with Gasteiger partial charge in [-0.25, -0.2) is 0 Å². The van der Waals surface area contributed by atoms with Crippen molar-refractivity contribution in [2.75, 3.05) is 0 Å². The van der Waals surface area contributed by atoms with Crippen LogP contribution < -0.4 is 0 Å². The lowest BCUT2D eigenvalue weighted by molar-refractivity contribution is 0.420. The Labute approximate surface area is 85.1 Å². The third-order valence-corrected chi connectivity index (χ3v) is 2.51. The highest BCUT2D eigenvalue weighted by molar-refractivity contribution is 6.43. The van der Waals surface area contributed by atoms with Crippen molar-refractivity contribution in [3.05, 3.63) is 40.7 Å². The summed E-state index contributed by atoms with van der Waals surface area (Å²) in [5.74, 6) is 0. The van der Waals surface area contributed by atoms with E-state index in [0.717, 1.165) is 11.1 Å². The minimum absolute atomic E-state index is 0.521. The number of hydrogen-bond acceptors (Lipinski definition) is 2. The molecule has 2 rings (SSSR count). The minimum Gasteiger partial charge on any atom is -0.364 e. The zero-order valence-corrected chi connectivity index (χ0v) is 8.01. The van der Waals surface area contributed by atoms with Gasteiger partial charge in [-0.2, -0.15) is 0 Å². The molecule has 0 fully saturated rings. The van der Waals surface area contributed by atoms with Gasteiger partial charge in [-0.15, -0.1) is 0 Å². The number of nitrogens with zero attached hydrogens (tertiary/aromatic N) is 1. The van der Waals surface area contributed by atoms with Gasteiger partial charge in [0.1, 0.15) is 6.26 Å². The predicted octanol–water partition coefficient (Wildman–Crippen LogP) is 3.65. The maximum absolute atomic E-state index is 5.98. The van der Waals surface area contributed by atoms with Crippen molar-refractivity contribution in [1.29, 1.82) is 0 Å². The van der Waals surface area contributed by atoms with Crippen molar-refractivity contribution < 1.29 is 4.52 Å². The van der Waals surface area contributed by atoms with Crippen molar-refractivity contribution in [2.45, 2.75) is 0 Å². The molecule has 2 aromatic rings. The van der Waals surface area contributed by atoms with Gasteiger partial charge in [0.15, 0.2) is 0 Å². The summed E-state index contributed by atoms with van der Waals surface area (Å²) < 4.78 is 4.71. The number of halogens is 2. The molecule has 0 N–H and O–H groups in total. The van der Waals surface area contributed by atoms with Crippen LogP contribution in [0.3, 0.4) is 0 Å². The fourth-order valence-electron chi connectivity index (χ4n) is 1.06. The van der Waals surface area contributed by atoms with E-state index in [9.17, 15) is 0 Å². The Morgan fingerprint density at radius 2 is 2.08 bits per heavy atom. The van der Waals surface area contributed by atoms with E-state index in [2.05, 4.69) is 5.16 Å². The van der Waals surface area contributed by atoms with E-state index in [1.54, 1.807) is 12.3 Å². The topological polar surface area (TPSA) is 26.0 Å². The number of hydrogen-bond donors (Lipinski definition) is 0. The second kappa shape index (κ2) is 3.40. The Bertz CT molecular complexity index is 412. The first-order valence-electron chi connectivity index (χ1n) is 3.63. The lowest BCUT2D eigenvalue weighted by Crippen LogP contribution is -1.76. The summed E-state index contributed by atoms with van der Waals surface area (Å²) in [5, 5.41) is 4.64. The lowest BCUT2D eigenvalue weighted by atomic mass is 10.1. The summed E-state index contributed by atoms with van der Waals surface area (Å²) in [6, 6.07) is 5.43. The third-order valence-electron chi connectivity index (χ3n) is 1.69. The maximum Gasteiger partial charge on any atom is 0.131 e. The van der Waals surface area contributed by atoms with E-state index in [0.29, 0.717) is 10.0 Å². The molecule has 13 heavy (non-hydrogen) atoms. The van der Waals surface area contributed by atoms with Crippen LogP contribution in [-0.2, 0) is 0 Å². The van der Waals surface area contributed by atoms with Gasteiger partial charge in [0.25, 0.3) is 0 Å². The van der Waals surface area contributed by atoms with E-state index in [1.807, 2.05) is 12.1 Å². The molecular weight excluding hydrogens is 209 g/mol. The molecule has 1 heterocycles. The highest BCUT2D eigenvalue weighted by Crippen LogP contribution is 2.32. The monoisotopic (exact) mass is 213 g/mol. The fraction of sp³-hybridized carbons (Fsp3) is 0. The van der Waals surface area contributed by atoms with Gasteiger partial charge in [-0.1, -0.05) is 40.5 Å². The Hall–Kier alpha value is -0.990. The van der Waals surface area contributed by atoms with Crippen LogP contribution in [0.15, 0.2) is 35.2 Å². The first kappa shape index (κ1) is 8.60. The summed E-state index contributed by atoms with van der Waals surface area (Å²) >= 11 is 11.8. The number of benzene rings is 1. The Kier molecular flexibility index (Phi) is 2.25. The number of rotatable bonds is 1. The van der Waals surface area contributed by atoms with Crippen LogP contribution in [-0.4, -0.2) is 5.16 Å². The molecule has 0 atom stereocenters. The van der Waals surface area contributed by atoms with Gasteiger partial charge in [0.05, 0.1) is 16.2 Å². The van der Waals surface area contributed by atoms with Crippen LogP contribution in [0.1, 0.15) is 0 Å². The van der Waals surface area contributed by atoms with E-state index in [-0.39, 0.29) is 0 Å². The average molecular weight is 214 g/mol. The maximum atomic E-state index is 5.98. The quantitative estimate of drug-likeness (QED) is 0.723. The molecule has 0 saturated heterocycles. The number of aromatic nitrogens is 1. The molecule has 1 aromatic carbocycles. The van der Waals surface area contributed by atoms with Gasteiger partial charge in [0.2, 0.25) is 0 Å². The summed E-state index contributed by atoms with van der Waals surface area (Å²) in [4.78, 5) is 0. The van der Waals surface area contributed by atoms with Gasteiger partial charge in [0, 0.05) is 11.1 Å². The summed E-state index contributed by atoms with van der Waals surface area (Å²) in [5.41, 5.74) is 1.66. The molecule has 0 saturated carbocycles. The molecule has 0 spiro atoms. The van der Waals surface area contributed by atoms with Crippen molar-refractivity contribution in [3.8, 4) is 11.1 Å². The summed E-state index contributed by atoms with van der Waals surface area (Å²) in [6.07, 6.45) is 3.12. The zero-order valence-electron chi connectivity index (χ0n) is 6.50. The molecule has 4 heteroatoms. The Balaban J connectivity index is 2.59. The van der Waals surface area contributed by atoms with Gasteiger partial charge in [-0.05, 0) is 6.07 Å². The molecule has 2 nitrogen and oxygen atoms in total. The minimum atomic E-state index is 0.521. The predicted molar refractivity (Wildman–Crippen MR) is 52.0 cm³/mol. The molecule has 1 aromatic heterocycles. The van der Waals surface area contributed by atoms with Gasteiger partial charge >= 0.3 is 0 Å². The highest BCUT2D eigenvalue weighted by atomic mass is 35.5. The molecule has 0 unspecified atom stereocenters. The van der Waals surface area contributed by atoms with Gasteiger partial charge in [-0.3, -0.25) is 0 Å². The molecule has 0 amide bonds. The SMILES string of the molecule is Clc1cccc(-c2cnoc2)c1Cl. The molecule has 0 aliphatic rings. The van der Waals surface area contributed by atoms with E-state index in [1.165, 1.54) is 6.26 Å². The molecular formula is C9H5Cl2NO. The zero-order chi connectivity index (χ0) is 9.26. The van der Waals surface area contributed by atoms with E-state index in [4.69, 9.17) is 27.7 Å². The summed E-state index contributed by atoms with van der Waals surface area (Å²) in [7, 11) is 0. The lowest BCUT2D eigenvalue weighted by Gasteiger charge is -2.00. The molecule has 0 bridgehead atoms. The fourth-order valence-corrected chi connectivity index (χ4v) is 1.47. The Morgan fingerprint density at radius 1 is 1.23 bits per heavy atom. The smallest absolute Gasteiger partial charge is 0.131 e. The largest absolute Gasteiger partial charge is 0.364 e. The first-order chi connectivity index (χ1) is 6.29. The highest BCUT2D eigenvalue weighted by Gasteiger charge is 2.07. The van der Waals surface area contributed by atoms with Crippen LogP contribution in [0.4, 0.5) is 0 Å². The second-order valence-corrected chi connectivity index (χ2v) is 3.30. The van der Waals surface area contributed by atoms with Gasteiger partial charge < -0.3 is 4.52 Å².